The van der Waals surface area contributed by atoms with Crippen LogP contribution in [0.5, 0.6) is 0 Å². The molecule has 0 bridgehead atoms. The van der Waals surface area contributed by atoms with Gasteiger partial charge in [0.2, 0.25) is 0 Å². The van der Waals surface area contributed by atoms with Gasteiger partial charge in [-0.3, -0.25) is 9.80 Å². The van der Waals surface area contributed by atoms with E-state index in [0.29, 0.717) is 12.6 Å². The number of benzene rings is 1. The third-order valence-electron chi connectivity index (χ3n) is 6.20. The number of hydrogen-bond acceptors (Lipinski definition) is 4. The molecule has 3 heterocycles. The molecule has 4 rings (SSSR count). The Morgan fingerprint density at radius 2 is 2.04 bits per heavy atom. The molecule has 0 unspecified atom stereocenters. The summed E-state index contributed by atoms with van der Waals surface area (Å²) in [5.74, 6) is 0. The van der Waals surface area contributed by atoms with Gasteiger partial charge in [-0.25, -0.2) is 4.79 Å². The Bertz CT molecular complexity index is 648. The van der Waals surface area contributed by atoms with E-state index in [1.807, 2.05) is 23.1 Å². The molecule has 6 heteroatoms. The third-order valence-corrected chi connectivity index (χ3v) is 6.44. The molecule has 1 aromatic carbocycles. The highest BCUT2D eigenvalue weighted by Gasteiger charge is 2.48. The molecule has 1 amide bonds. The Balaban J connectivity index is 1.34. The van der Waals surface area contributed by atoms with Crippen LogP contribution in [0.25, 0.3) is 0 Å². The molecule has 0 N–H and O–H groups in total. The van der Waals surface area contributed by atoms with E-state index in [4.69, 9.17) is 16.3 Å². The van der Waals surface area contributed by atoms with Crippen molar-refractivity contribution in [2.75, 3.05) is 39.3 Å². The number of rotatable bonds is 5. The summed E-state index contributed by atoms with van der Waals surface area (Å²) in [5, 5.41) is 0.745. The predicted molar refractivity (Wildman–Crippen MR) is 103 cm³/mol. The van der Waals surface area contributed by atoms with Crippen LogP contribution in [-0.4, -0.2) is 78.2 Å². The molecule has 5 nitrogen and oxygen atoms in total. The molecule has 0 aromatic heterocycles. The Kier molecular flexibility index (Phi) is 5.39. The number of carbonyl (C=O) groups is 1. The molecule has 3 saturated heterocycles. The van der Waals surface area contributed by atoms with Crippen LogP contribution in [0.4, 0.5) is 4.79 Å². The van der Waals surface area contributed by atoms with Crippen molar-refractivity contribution in [2.24, 2.45) is 0 Å². The van der Waals surface area contributed by atoms with Gasteiger partial charge in [-0.2, -0.15) is 0 Å². The van der Waals surface area contributed by atoms with Crippen LogP contribution in [0, 0.1) is 0 Å². The average molecular weight is 378 g/mol. The number of piperidine rings is 1. The number of nitrogens with zero attached hydrogens (tertiary/aromatic N) is 3. The number of halogens is 1. The van der Waals surface area contributed by atoms with Crippen LogP contribution in [-0.2, 0) is 11.2 Å². The molecular weight excluding hydrogens is 350 g/mol. The molecule has 142 valence electrons. The second-order valence-electron chi connectivity index (χ2n) is 7.68. The van der Waals surface area contributed by atoms with E-state index < -0.39 is 0 Å². The normalized spacial score (nSPS) is 27.8. The topological polar surface area (TPSA) is 36.0 Å². The van der Waals surface area contributed by atoms with Crippen molar-refractivity contribution in [3.05, 3.63) is 34.9 Å². The van der Waals surface area contributed by atoms with Gasteiger partial charge in [0.25, 0.3) is 0 Å². The lowest BCUT2D eigenvalue weighted by Crippen LogP contribution is -2.46. The Morgan fingerprint density at radius 1 is 1.23 bits per heavy atom. The van der Waals surface area contributed by atoms with E-state index in [1.54, 1.807) is 0 Å². The number of carbonyl (C=O) groups excluding carboxylic acids is 1. The molecular formula is C20H28ClN3O2. The van der Waals surface area contributed by atoms with E-state index in [0.717, 1.165) is 36.6 Å². The first kappa shape index (κ1) is 18.1. The van der Waals surface area contributed by atoms with Crippen LogP contribution in [0.3, 0.4) is 0 Å². The lowest BCUT2D eigenvalue weighted by Gasteiger charge is -2.36. The van der Waals surface area contributed by atoms with Gasteiger partial charge in [0.05, 0.1) is 6.04 Å². The van der Waals surface area contributed by atoms with E-state index >= 15 is 0 Å². The lowest BCUT2D eigenvalue weighted by molar-refractivity contribution is 0.0901. The van der Waals surface area contributed by atoms with Gasteiger partial charge in [0.15, 0.2) is 0 Å². The maximum atomic E-state index is 12.3. The van der Waals surface area contributed by atoms with Crippen LogP contribution in [0.1, 0.15) is 25.3 Å². The maximum Gasteiger partial charge on any atom is 0.410 e. The quantitative estimate of drug-likeness (QED) is 0.790. The van der Waals surface area contributed by atoms with Crippen molar-refractivity contribution in [2.45, 2.75) is 44.4 Å². The summed E-state index contributed by atoms with van der Waals surface area (Å²) in [6.07, 6.45) is 3.15. The van der Waals surface area contributed by atoms with Gasteiger partial charge >= 0.3 is 6.09 Å². The second-order valence-corrected chi connectivity index (χ2v) is 8.12. The highest BCUT2D eigenvalue weighted by molar-refractivity contribution is 6.30. The summed E-state index contributed by atoms with van der Waals surface area (Å²) in [7, 11) is 0. The lowest BCUT2D eigenvalue weighted by atomic mass is 10.0. The van der Waals surface area contributed by atoms with Gasteiger partial charge in [-0.1, -0.05) is 30.7 Å². The van der Waals surface area contributed by atoms with Crippen molar-refractivity contribution in [1.29, 1.82) is 0 Å². The summed E-state index contributed by atoms with van der Waals surface area (Å²) in [6, 6.07) is 8.71. The minimum Gasteiger partial charge on any atom is -0.442 e. The zero-order valence-corrected chi connectivity index (χ0v) is 16.2. The molecule has 26 heavy (non-hydrogen) atoms. The van der Waals surface area contributed by atoms with Crippen LogP contribution < -0.4 is 0 Å². The van der Waals surface area contributed by atoms with E-state index in [9.17, 15) is 4.79 Å². The molecule has 2 atom stereocenters. The minimum absolute atomic E-state index is 0.0334. The zero-order chi connectivity index (χ0) is 18.1. The van der Waals surface area contributed by atoms with Crippen LogP contribution in [0.2, 0.25) is 5.02 Å². The van der Waals surface area contributed by atoms with Gasteiger partial charge in [-0.05, 0) is 56.6 Å². The first-order chi connectivity index (χ1) is 12.6. The summed E-state index contributed by atoms with van der Waals surface area (Å²) < 4.78 is 5.68. The number of fused-ring (bicyclic) bond motifs is 1. The molecule has 0 spiro atoms. The average Bonchev–Trinajstić information content (AvgIpc) is 3.17. The maximum absolute atomic E-state index is 12.3. The summed E-state index contributed by atoms with van der Waals surface area (Å²) in [6.45, 7) is 8.29. The van der Waals surface area contributed by atoms with Crippen molar-refractivity contribution < 1.29 is 9.53 Å². The molecule has 0 saturated carbocycles. The second kappa shape index (κ2) is 7.75. The van der Waals surface area contributed by atoms with Crippen LogP contribution in [0.15, 0.2) is 24.3 Å². The van der Waals surface area contributed by atoms with Gasteiger partial charge < -0.3 is 9.64 Å². The fourth-order valence-electron chi connectivity index (χ4n) is 4.63. The highest BCUT2D eigenvalue weighted by Crippen LogP contribution is 2.30. The Morgan fingerprint density at radius 3 is 2.77 bits per heavy atom. The van der Waals surface area contributed by atoms with E-state index in [2.05, 4.69) is 22.8 Å². The molecule has 1 aromatic rings. The van der Waals surface area contributed by atoms with Gasteiger partial charge in [0.1, 0.15) is 6.10 Å². The molecule has 0 aliphatic carbocycles. The third kappa shape index (κ3) is 3.71. The Labute approximate surface area is 160 Å². The molecule has 0 radical (unpaired) electrons. The van der Waals surface area contributed by atoms with Gasteiger partial charge in [-0.15, -0.1) is 0 Å². The van der Waals surface area contributed by atoms with Crippen LogP contribution >= 0.6 is 11.6 Å². The number of likely N-dealkylation sites (tertiary alicyclic amines) is 2. The van der Waals surface area contributed by atoms with E-state index in [1.165, 1.54) is 25.9 Å². The number of hydrogen-bond donors (Lipinski definition) is 0. The predicted octanol–water partition coefficient (Wildman–Crippen LogP) is 2.87. The first-order valence-electron chi connectivity index (χ1n) is 9.82. The van der Waals surface area contributed by atoms with Gasteiger partial charge in [0, 0.05) is 30.7 Å². The standard InChI is InChI=1S/C20H28ClN3O2/c1-2-22-9-7-17(8-10-22)23-13-18-19(14-23)26-20(25)24(18)11-6-15-4-3-5-16(21)12-15/h3-5,12,17-19H,2,6-11,13-14H2,1H3/t18-,19+/m1/s1. The number of amides is 1. The van der Waals surface area contributed by atoms with Crippen molar-refractivity contribution >= 4 is 17.7 Å². The smallest absolute Gasteiger partial charge is 0.410 e. The largest absolute Gasteiger partial charge is 0.442 e. The number of ether oxygens (including phenoxy) is 1. The first-order valence-corrected chi connectivity index (χ1v) is 10.2. The summed E-state index contributed by atoms with van der Waals surface area (Å²) >= 11 is 6.07. The minimum atomic E-state index is -0.150. The van der Waals surface area contributed by atoms with E-state index in [-0.39, 0.29) is 18.2 Å². The fraction of sp³-hybridized carbons (Fsp3) is 0.650. The molecule has 3 aliphatic rings. The highest BCUT2D eigenvalue weighted by atomic mass is 35.5. The van der Waals surface area contributed by atoms with Crippen molar-refractivity contribution in [3.8, 4) is 0 Å². The zero-order valence-electron chi connectivity index (χ0n) is 15.4. The molecule has 3 fully saturated rings. The molecule has 3 aliphatic heterocycles. The fourth-order valence-corrected chi connectivity index (χ4v) is 4.84. The monoisotopic (exact) mass is 377 g/mol. The van der Waals surface area contributed by atoms with Crippen molar-refractivity contribution in [3.63, 3.8) is 0 Å². The summed E-state index contributed by atoms with van der Waals surface area (Å²) in [4.78, 5) is 19.3. The SMILES string of the molecule is CCN1CCC(N2C[C@@H]3OC(=O)N(CCc4cccc(Cl)c4)[C@@H]3C2)CC1. The Hall–Kier alpha value is -1.30. The summed E-state index contributed by atoms with van der Waals surface area (Å²) in [5.41, 5.74) is 1.16. The van der Waals surface area contributed by atoms with Crippen molar-refractivity contribution in [1.82, 2.24) is 14.7 Å².